The monoisotopic (exact) mass is 388 g/mol. The molecule has 0 saturated heterocycles. The molecule has 1 heterocycles. The molecule has 0 aliphatic heterocycles. The number of hydrogen-bond acceptors (Lipinski definition) is 7. The lowest BCUT2D eigenvalue weighted by Crippen LogP contribution is -2.22. The highest BCUT2D eigenvalue weighted by Crippen LogP contribution is 2.31. The number of nitrogens with two attached hydrogens (primary N) is 1. The highest BCUT2D eigenvalue weighted by Gasteiger charge is 2.17. The SMILES string of the molecule is C[C@@H](Sc1nnc(SCC(N)=O)s1)C(=O)Nc1ccc(Cl)cc1. The van der Waals surface area contributed by atoms with Gasteiger partial charge >= 0.3 is 0 Å². The van der Waals surface area contributed by atoms with E-state index in [1.54, 1.807) is 31.2 Å². The number of thioether (sulfide) groups is 2. The van der Waals surface area contributed by atoms with E-state index >= 15 is 0 Å². The Labute approximate surface area is 150 Å². The van der Waals surface area contributed by atoms with Gasteiger partial charge in [-0.3, -0.25) is 9.59 Å². The standard InChI is InChI=1S/C13H13ClN4O2S3/c1-7(11(20)16-9-4-2-8(14)3-5-9)22-13-18-17-12(23-13)21-6-10(15)19/h2-5,7H,6H2,1H3,(H2,15,19)(H,16,20)/t7-/m1/s1. The fourth-order valence-electron chi connectivity index (χ4n) is 1.42. The van der Waals surface area contributed by atoms with Gasteiger partial charge in [0, 0.05) is 10.7 Å². The molecule has 6 nitrogen and oxygen atoms in total. The van der Waals surface area contributed by atoms with Crippen molar-refractivity contribution in [1.82, 2.24) is 10.2 Å². The van der Waals surface area contributed by atoms with Gasteiger partial charge in [0.25, 0.3) is 0 Å². The maximum absolute atomic E-state index is 12.1. The maximum Gasteiger partial charge on any atom is 0.237 e. The van der Waals surface area contributed by atoms with Crippen LogP contribution in [0.4, 0.5) is 5.69 Å². The van der Waals surface area contributed by atoms with E-state index in [2.05, 4.69) is 15.5 Å². The fourth-order valence-corrected chi connectivity index (χ4v) is 4.45. The summed E-state index contributed by atoms with van der Waals surface area (Å²) in [6, 6.07) is 6.90. The number of hydrogen-bond donors (Lipinski definition) is 2. The van der Waals surface area contributed by atoms with Crippen molar-refractivity contribution in [3.05, 3.63) is 29.3 Å². The van der Waals surface area contributed by atoms with Crippen LogP contribution in [0.3, 0.4) is 0 Å². The Morgan fingerprint density at radius 2 is 1.96 bits per heavy atom. The molecule has 122 valence electrons. The Hall–Kier alpha value is -1.29. The van der Waals surface area contributed by atoms with Crippen LogP contribution in [-0.4, -0.2) is 33.0 Å². The molecule has 2 rings (SSSR count). The molecule has 1 atom stereocenters. The first-order chi connectivity index (χ1) is 10.9. The van der Waals surface area contributed by atoms with Crippen molar-refractivity contribution in [2.24, 2.45) is 5.73 Å². The lowest BCUT2D eigenvalue weighted by atomic mass is 10.3. The topological polar surface area (TPSA) is 98.0 Å². The summed E-state index contributed by atoms with van der Waals surface area (Å²) in [5.74, 6) is -0.389. The molecule has 0 saturated carbocycles. The van der Waals surface area contributed by atoms with Crippen molar-refractivity contribution in [1.29, 1.82) is 0 Å². The molecule has 0 unspecified atom stereocenters. The molecule has 1 aromatic carbocycles. The van der Waals surface area contributed by atoms with Crippen LogP contribution in [-0.2, 0) is 9.59 Å². The highest BCUT2D eigenvalue weighted by molar-refractivity contribution is 8.04. The average Bonchev–Trinajstić information content (AvgIpc) is 2.95. The number of primary amides is 1. The van der Waals surface area contributed by atoms with Crippen molar-refractivity contribution in [2.75, 3.05) is 11.1 Å². The van der Waals surface area contributed by atoms with Crippen LogP contribution in [0.25, 0.3) is 0 Å². The quantitative estimate of drug-likeness (QED) is 0.707. The van der Waals surface area contributed by atoms with Crippen LogP contribution in [0.2, 0.25) is 5.02 Å². The number of halogens is 1. The second kappa shape index (κ2) is 8.53. The number of amides is 2. The summed E-state index contributed by atoms with van der Waals surface area (Å²) < 4.78 is 1.31. The van der Waals surface area contributed by atoms with Gasteiger partial charge in [0.05, 0.1) is 11.0 Å². The van der Waals surface area contributed by atoms with Crippen LogP contribution in [0.1, 0.15) is 6.92 Å². The van der Waals surface area contributed by atoms with Crippen LogP contribution >= 0.6 is 46.5 Å². The number of nitrogens with zero attached hydrogens (tertiary/aromatic N) is 2. The van der Waals surface area contributed by atoms with Crippen molar-refractivity contribution in [3.63, 3.8) is 0 Å². The van der Waals surface area contributed by atoms with Crippen LogP contribution in [0, 0.1) is 0 Å². The predicted octanol–water partition coefficient (Wildman–Crippen LogP) is 2.89. The van der Waals surface area contributed by atoms with E-state index in [4.69, 9.17) is 17.3 Å². The van der Waals surface area contributed by atoms with E-state index in [1.165, 1.54) is 34.9 Å². The molecule has 1 aromatic heterocycles. The van der Waals surface area contributed by atoms with Crippen molar-refractivity contribution in [3.8, 4) is 0 Å². The number of benzene rings is 1. The molecule has 2 aromatic rings. The third-order valence-corrected chi connectivity index (χ3v) is 6.00. The van der Waals surface area contributed by atoms with Gasteiger partial charge in [-0.25, -0.2) is 0 Å². The second-order valence-electron chi connectivity index (χ2n) is 4.35. The normalized spacial score (nSPS) is 11.9. The lowest BCUT2D eigenvalue weighted by molar-refractivity contribution is -0.116. The zero-order valence-corrected chi connectivity index (χ0v) is 15.2. The number of carbonyl (C=O) groups excluding carboxylic acids is 2. The van der Waals surface area contributed by atoms with Gasteiger partial charge in [-0.2, -0.15) is 0 Å². The zero-order valence-electron chi connectivity index (χ0n) is 12.0. The first kappa shape index (κ1) is 18.1. The minimum atomic E-state index is -0.407. The molecule has 0 spiro atoms. The first-order valence-electron chi connectivity index (χ1n) is 6.41. The largest absolute Gasteiger partial charge is 0.369 e. The van der Waals surface area contributed by atoms with Crippen molar-refractivity contribution < 1.29 is 9.59 Å². The molecule has 0 fully saturated rings. The number of anilines is 1. The Bertz CT molecular complexity index is 693. The highest BCUT2D eigenvalue weighted by atomic mass is 35.5. The molecule has 0 aliphatic carbocycles. The van der Waals surface area contributed by atoms with Gasteiger partial charge in [-0.15, -0.1) is 10.2 Å². The second-order valence-corrected chi connectivity index (χ2v) is 8.57. The Balaban J connectivity index is 1.88. The molecular weight excluding hydrogens is 376 g/mol. The van der Waals surface area contributed by atoms with Gasteiger partial charge in [-0.05, 0) is 31.2 Å². The lowest BCUT2D eigenvalue weighted by Gasteiger charge is -2.10. The number of nitrogens with one attached hydrogen (secondary N) is 1. The molecular formula is C13H13ClN4O2S3. The predicted molar refractivity (Wildman–Crippen MR) is 95.2 cm³/mol. The average molecular weight is 389 g/mol. The van der Waals surface area contributed by atoms with Gasteiger partial charge < -0.3 is 11.1 Å². The molecule has 0 radical (unpaired) electrons. The minimum absolute atomic E-state index is 0.140. The van der Waals surface area contributed by atoms with Gasteiger partial charge in [0.15, 0.2) is 8.68 Å². The summed E-state index contributed by atoms with van der Waals surface area (Å²) >= 11 is 9.67. The summed E-state index contributed by atoms with van der Waals surface area (Å²) in [5, 5.41) is 11.0. The van der Waals surface area contributed by atoms with Crippen LogP contribution in [0.15, 0.2) is 32.9 Å². The Morgan fingerprint density at radius 1 is 1.30 bits per heavy atom. The third kappa shape index (κ3) is 6.02. The molecule has 2 amide bonds. The van der Waals surface area contributed by atoms with Crippen molar-refractivity contribution >= 4 is 64.0 Å². The molecule has 23 heavy (non-hydrogen) atoms. The zero-order chi connectivity index (χ0) is 16.8. The number of rotatable bonds is 7. The van der Waals surface area contributed by atoms with Crippen LogP contribution < -0.4 is 11.1 Å². The molecule has 0 bridgehead atoms. The number of aromatic nitrogens is 2. The van der Waals surface area contributed by atoms with Crippen LogP contribution in [0.5, 0.6) is 0 Å². The summed E-state index contributed by atoms with van der Waals surface area (Å²) in [7, 11) is 0. The van der Waals surface area contributed by atoms with E-state index in [9.17, 15) is 9.59 Å². The maximum atomic E-state index is 12.1. The Morgan fingerprint density at radius 3 is 2.61 bits per heavy atom. The first-order valence-corrected chi connectivity index (χ1v) is 9.47. The Kier molecular flexibility index (Phi) is 6.70. The van der Waals surface area contributed by atoms with Gasteiger partial charge in [-0.1, -0.05) is 46.5 Å². The van der Waals surface area contributed by atoms with Gasteiger partial charge in [0.2, 0.25) is 11.8 Å². The summed E-state index contributed by atoms with van der Waals surface area (Å²) in [6.07, 6.45) is 0. The molecule has 10 heteroatoms. The molecule has 0 aliphatic rings. The smallest absolute Gasteiger partial charge is 0.237 e. The van der Waals surface area contributed by atoms with E-state index in [1.807, 2.05) is 0 Å². The van der Waals surface area contributed by atoms with E-state index in [0.717, 1.165) is 0 Å². The number of carbonyl (C=O) groups is 2. The van der Waals surface area contributed by atoms with Gasteiger partial charge in [0.1, 0.15) is 0 Å². The summed E-state index contributed by atoms with van der Waals surface area (Å²) in [4.78, 5) is 22.9. The fraction of sp³-hybridized carbons (Fsp3) is 0.231. The van der Waals surface area contributed by atoms with E-state index in [0.29, 0.717) is 19.4 Å². The molecule has 3 N–H and O–H groups in total. The summed E-state index contributed by atoms with van der Waals surface area (Å²) in [6.45, 7) is 1.79. The third-order valence-electron chi connectivity index (χ3n) is 2.48. The van der Waals surface area contributed by atoms with Crippen molar-refractivity contribution in [2.45, 2.75) is 20.9 Å². The minimum Gasteiger partial charge on any atom is -0.369 e. The summed E-state index contributed by atoms with van der Waals surface area (Å²) in [5.41, 5.74) is 5.76. The van der Waals surface area contributed by atoms with E-state index in [-0.39, 0.29) is 16.9 Å². The van der Waals surface area contributed by atoms with E-state index < -0.39 is 5.91 Å².